The van der Waals surface area contributed by atoms with Crippen LogP contribution in [0.3, 0.4) is 0 Å². The minimum absolute atomic E-state index is 0. The number of hydrogen-bond donors (Lipinski definition) is 3. The van der Waals surface area contributed by atoms with Crippen molar-refractivity contribution in [3.05, 3.63) is 0 Å². The number of amides is 1. The van der Waals surface area contributed by atoms with Crippen LogP contribution in [0.25, 0.3) is 0 Å². The number of carbonyl (C=O) groups excluding carboxylic acids is 1. The lowest BCUT2D eigenvalue weighted by atomic mass is 9.83. The zero-order valence-corrected chi connectivity index (χ0v) is 19.5. The molecule has 2 aliphatic rings. The van der Waals surface area contributed by atoms with E-state index in [0.29, 0.717) is 5.41 Å². The van der Waals surface area contributed by atoms with Crippen molar-refractivity contribution >= 4 is 35.8 Å². The number of aliphatic imine (C=N–C) groups is 1. The predicted molar refractivity (Wildman–Crippen MR) is 122 cm³/mol. The summed E-state index contributed by atoms with van der Waals surface area (Å²) in [5.41, 5.74) is 0.351. The van der Waals surface area contributed by atoms with Crippen molar-refractivity contribution in [3.63, 3.8) is 0 Å². The molecule has 27 heavy (non-hydrogen) atoms. The Morgan fingerprint density at radius 2 is 1.81 bits per heavy atom. The van der Waals surface area contributed by atoms with Gasteiger partial charge in [-0.25, -0.2) is 0 Å². The van der Waals surface area contributed by atoms with Crippen LogP contribution in [0.2, 0.25) is 0 Å². The molecule has 1 amide bonds. The highest BCUT2D eigenvalue weighted by atomic mass is 127. The summed E-state index contributed by atoms with van der Waals surface area (Å²) < 4.78 is 5.59. The SMILES string of the molecule is CCOCCC1(CNC(=NC)NCCCNC(=O)C2CCC2)CCCC1.I. The molecule has 0 aromatic heterocycles. The lowest BCUT2D eigenvalue weighted by molar-refractivity contribution is -0.127. The van der Waals surface area contributed by atoms with Gasteiger partial charge in [0.1, 0.15) is 0 Å². The van der Waals surface area contributed by atoms with E-state index in [0.717, 1.165) is 64.5 Å². The molecule has 0 atom stereocenters. The van der Waals surface area contributed by atoms with Crippen LogP contribution in [0.1, 0.15) is 64.7 Å². The summed E-state index contributed by atoms with van der Waals surface area (Å²) in [5.74, 6) is 1.37. The Morgan fingerprint density at radius 1 is 1.11 bits per heavy atom. The molecule has 2 fully saturated rings. The third-order valence-corrected chi connectivity index (χ3v) is 5.92. The van der Waals surface area contributed by atoms with Crippen LogP contribution in [0, 0.1) is 11.3 Å². The molecule has 0 bridgehead atoms. The van der Waals surface area contributed by atoms with E-state index in [1.54, 1.807) is 0 Å². The highest BCUT2D eigenvalue weighted by Gasteiger charge is 2.33. The van der Waals surface area contributed by atoms with Crippen molar-refractivity contribution in [2.45, 2.75) is 64.7 Å². The van der Waals surface area contributed by atoms with E-state index in [1.165, 1.54) is 32.1 Å². The maximum atomic E-state index is 11.8. The first-order valence-corrected chi connectivity index (χ1v) is 10.5. The fraction of sp³-hybridized carbons (Fsp3) is 0.900. The fourth-order valence-corrected chi connectivity index (χ4v) is 3.89. The van der Waals surface area contributed by atoms with Gasteiger partial charge in [0.2, 0.25) is 5.91 Å². The lowest BCUT2D eigenvalue weighted by Gasteiger charge is -2.30. The largest absolute Gasteiger partial charge is 0.382 e. The number of ether oxygens (including phenoxy) is 1. The predicted octanol–water partition coefficient (Wildman–Crippen LogP) is 3.06. The Bertz CT molecular complexity index is 449. The first-order valence-electron chi connectivity index (χ1n) is 10.5. The van der Waals surface area contributed by atoms with Crippen molar-refractivity contribution in [1.29, 1.82) is 0 Å². The van der Waals surface area contributed by atoms with Crippen LogP contribution in [-0.4, -0.2) is 51.8 Å². The molecule has 2 aliphatic carbocycles. The summed E-state index contributed by atoms with van der Waals surface area (Å²) in [7, 11) is 1.81. The highest BCUT2D eigenvalue weighted by Crippen LogP contribution is 2.40. The van der Waals surface area contributed by atoms with Crippen molar-refractivity contribution in [3.8, 4) is 0 Å². The third kappa shape index (κ3) is 8.54. The van der Waals surface area contributed by atoms with E-state index in [1.807, 2.05) is 7.05 Å². The standard InChI is InChI=1S/C20H38N4O2.HI/c1-3-26-15-12-20(10-4-5-11-20)16-24-19(21-2)23-14-7-13-22-18(25)17-8-6-9-17;/h17H,3-16H2,1-2H3,(H,22,25)(H2,21,23,24);1H. The number of nitrogens with zero attached hydrogens (tertiary/aromatic N) is 1. The molecule has 0 spiro atoms. The molecular formula is C20H39IN4O2. The zero-order chi connectivity index (χ0) is 18.7. The summed E-state index contributed by atoms with van der Waals surface area (Å²) in [5, 5.41) is 9.91. The van der Waals surface area contributed by atoms with E-state index in [9.17, 15) is 4.79 Å². The van der Waals surface area contributed by atoms with Gasteiger partial charge in [-0.3, -0.25) is 9.79 Å². The number of guanidine groups is 1. The van der Waals surface area contributed by atoms with Gasteiger partial charge in [0, 0.05) is 45.8 Å². The van der Waals surface area contributed by atoms with Crippen molar-refractivity contribution in [2.24, 2.45) is 16.3 Å². The summed E-state index contributed by atoms with van der Waals surface area (Å²) >= 11 is 0. The molecule has 0 heterocycles. The molecule has 0 aliphatic heterocycles. The number of carbonyl (C=O) groups is 1. The van der Waals surface area contributed by atoms with E-state index >= 15 is 0 Å². The molecule has 2 saturated carbocycles. The number of rotatable bonds is 11. The molecule has 2 rings (SSSR count). The third-order valence-electron chi connectivity index (χ3n) is 5.92. The Hall–Kier alpha value is -0.570. The highest BCUT2D eigenvalue weighted by molar-refractivity contribution is 14.0. The Balaban J connectivity index is 0.00000364. The van der Waals surface area contributed by atoms with Crippen LogP contribution in [-0.2, 0) is 9.53 Å². The Kier molecular flexibility index (Phi) is 12.3. The normalized spacial score (nSPS) is 19.1. The van der Waals surface area contributed by atoms with Crippen LogP contribution < -0.4 is 16.0 Å². The van der Waals surface area contributed by atoms with Gasteiger partial charge in [0.25, 0.3) is 0 Å². The first kappa shape index (κ1) is 24.5. The number of halogens is 1. The summed E-state index contributed by atoms with van der Waals surface area (Å²) in [6.07, 6.45) is 10.5. The molecule has 0 aromatic rings. The average molecular weight is 494 g/mol. The van der Waals surface area contributed by atoms with Crippen LogP contribution in [0.15, 0.2) is 4.99 Å². The maximum absolute atomic E-state index is 11.8. The van der Waals surface area contributed by atoms with Crippen LogP contribution >= 0.6 is 24.0 Å². The van der Waals surface area contributed by atoms with Gasteiger partial charge in [-0.05, 0) is 50.9 Å². The molecule has 0 saturated heterocycles. The first-order chi connectivity index (χ1) is 12.7. The zero-order valence-electron chi connectivity index (χ0n) is 17.1. The number of hydrogen-bond acceptors (Lipinski definition) is 3. The minimum atomic E-state index is 0. The average Bonchev–Trinajstić information content (AvgIpc) is 3.05. The molecular weight excluding hydrogens is 455 g/mol. The molecule has 0 aromatic carbocycles. The second-order valence-electron chi connectivity index (χ2n) is 7.78. The molecule has 3 N–H and O–H groups in total. The van der Waals surface area contributed by atoms with Gasteiger partial charge in [0.15, 0.2) is 5.96 Å². The van der Waals surface area contributed by atoms with Gasteiger partial charge >= 0.3 is 0 Å². The molecule has 0 radical (unpaired) electrons. The number of nitrogens with one attached hydrogen (secondary N) is 3. The van der Waals surface area contributed by atoms with Crippen LogP contribution in [0.5, 0.6) is 0 Å². The molecule has 0 unspecified atom stereocenters. The van der Waals surface area contributed by atoms with Gasteiger partial charge in [0.05, 0.1) is 0 Å². The molecule has 6 nitrogen and oxygen atoms in total. The second-order valence-corrected chi connectivity index (χ2v) is 7.78. The Morgan fingerprint density at radius 3 is 2.41 bits per heavy atom. The fourth-order valence-electron chi connectivity index (χ4n) is 3.89. The minimum Gasteiger partial charge on any atom is -0.382 e. The monoisotopic (exact) mass is 494 g/mol. The van der Waals surface area contributed by atoms with E-state index in [4.69, 9.17) is 4.74 Å². The van der Waals surface area contributed by atoms with E-state index in [-0.39, 0.29) is 35.8 Å². The van der Waals surface area contributed by atoms with Gasteiger partial charge < -0.3 is 20.7 Å². The van der Waals surface area contributed by atoms with Gasteiger partial charge in [-0.2, -0.15) is 0 Å². The molecule has 158 valence electrons. The topological polar surface area (TPSA) is 74.8 Å². The van der Waals surface area contributed by atoms with Gasteiger partial charge in [-0.15, -0.1) is 24.0 Å². The van der Waals surface area contributed by atoms with Crippen molar-refractivity contribution in [1.82, 2.24) is 16.0 Å². The smallest absolute Gasteiger partial charge is 0.223 e. The summed E-state index contributed by atoms with van der Waals surface area (Å²) in [4.78, 5) is 16.1. The lowest BCUT2D eigenvalue weighted by Crippen LogP contribution is -2.44. The second kappa shape index (κ2) is 13.6. The Labute approximate surface area is 182 Å². The quantitative estimate of drug-likeness (QED) is 0.179. The van der Waals surface area contributed by atoms with Crippen molar-refractivity contribution in [2.75, 3.05) is 39.9 Å². The van der Waals surface area contributed by atoms with Crippen molar-refractivity contribution < 1.29 is 9.53 Å². The van der Waals surface area contributed by atoms with Crippen LogP contribution in [0.4, 0.5) is 0 Å². The molecule has 7 heteroatoms. The summed E-state index contributed by atoms with van der Waals surface area (Å²) in [6, 6.07) is 0. The van der Waals surface area contributed by atoms with E-state index in [2.05, 4.69) is 27.9 Å². The van der Waals surface area contributed by atoms with Gasteiger partial charge in [-0.1, -0.05) is 19.3 Å². The maximum Gasteiger partial charge on any atom is 0.223 e. The van der Waals surface area contributed by atoms with E-state index < -0.39 is 0 Å². The summed E-state index contributed by atoms with van der Waals surface area (Å²) in [6.45, 7) is 6.21.